The van der Waals surface area contributed by atoms with Gasteiger partial charge in [-0.15, -0.1) is 0 Å². The zero-order valence-electron chi connectivity index (χ0n) is 18.2. The van der Waals surface area contributed by atoms with Gasteiger partial charge in [0, 0.05) is 42.2 Å². The zero-order valence-corrected chi connectivity index (χ0v) is 18.2. The Morgan fingerprint density at radius 3 is 2.32 bits per heavy atom. The second kappa shape index (κ2) is 8.58. The molecule has 9 heteroatoms. The molecule has 2 heterocycles. The number of fused-ring (bicyclic) bond motifs is 1. The van der Waals surface area contributed by atoms with E-state index in [1.54, 1.807) is 37.4 Å². The highest BCUT2D eigenvalue weighted by molar-refractivity contribution is 5.74. The van der Waals surface area contributed by atoms with Crippen LogP contribution in [0.15, 0.2) is 66.7 Å². The lowest BCUT2D eigenvalue weighted by Gasteiger charge is -2.31. The second-order valence-corrected chi connectivity index (χ2v) is 8.21. The molecule has 0 saturated carbocycles. The lowest BCUT2D eigenvalue weighted by molar-refractivity contribution is -0.384. The molecular formula is C25H21N2O7-. The molecule has 174 valence electrons. The lowest BCUT2D eigenvalue weighted by Crippen LogP contribution is -2.37. The molecule has 2 aliphatic heterocycles. The van der Waals surface area contributed by atoms with Crippen molar-refractivity contribution in [3.8, 4) is 17.2 Å². The van der Waals surface area contributed by atoms with Crippen LogP contribution in [0, 0.1) is 16.0 Å². The lowest BCUT2D eigenvalue weighted by atomic mass is 9.82. The Labute approximate surface area is 195 Å². The topological polar surface area (TPSA) is 114 Å². The minimum Gasteiger partial charge on any atom is -0.550 e. The standard InChI is InChI=1S/C25H22N2O7/c1-32-19-9-2-15(3-10-19)24-23(25(28)29)20(16-4-11-21-22(12-16)34-14-33-21)13-26(24)17-5-7-18(8-6-17)27(30)31/h2-12,20,23-24H,13-14H2,1H3,(H,28,29)/p-1. The Morgan fingerprint density at radius 2 is 1.68 bits per heavy atom. The molecule has 1 fully saturated rings. The van der Waals surface area contributed by atoms with E-state index in [-0.39, 0.29) is 12.5 Å². The molecular weight excluding hydrogens is 440 g/mol. The van der Waals surface area contributed by atoms with Crippen LogP contribution < -0.4 is 24.2 Å². The number of non-ortho nitro benzene ring substituents is 1. The number of hydrogen-bond donors (Lipinski definition) is 0. The summed E-state index contributed by atoms with van der Waals surface area (Å²) in [4.78, 5) is 25.2. The third-order valence-electron chi connectivity index (χ3n) is 6.45. The third-order valence-corrected chi connectivity index (χ3v) is 6.45. The smallest absolute Gasteiger partial charge is 0.269 e. The van der Waals surface area contributed by atoms with Gasteiger partial charge in [-0.25, -0.2) is 0 Å². The number of methoxy groups -OCH3 is 1. The van der Waals surface area contributed by atoms with E-state index in [0.717, 1.165) is 11.1 Å². The fourth-order valence-electron chi connectivity index (χ4n) is 4.82. The minimum atomic E-state index is -1.17. The summed E-state index contributed by atoms with van der Waals surface area (Å²) in [6, 6.07) is 18.2. The van der Waals surface area contributed by atoms with Crippen molar-refractivity contribution < 1.29 is 29.0 Å². The van der Waals surface area contributed by atoms with E-state index >= 15 is 0 Å². The van der Waals surface area contributed by atoms with Gasteiger partial charge in [0.15, 0.2) is 11.5 Å². The summed E-state index contributed by atoms with van der Waals surface area (Å²) >= 11 is 0. The molecule has 3 aromatic carbocycles. The van der Waals surface area contributed by atoms with Crippen molar-refractivity contribution in [2.24, 2.45) is 5.92 Å². The Hall–Kier alpha value is -4.27. The minimum absolute atomic E-state index is 0.0345. The van der Waals surface area contributed by atoms with Gasteiger partial charge in [0.1, 0.15) is 5.75 Å². The first kappa shape index (κ1) is 21.6. The van der Waals surface area contributed by atoms with Crippen molar-refractivity contribution in [3.63, 3.8) is 0 Å². The molecule has 9 nitrogen and oxygen atoms in total. The molecule has 0 spiro atoms. The molecule has 34 heavy (non-hydrogen) atoms. The van der Waals surface area contributed by atoms with Crippen LogP contribution in [0.1, 0.15) is 23.1 Å². The molecule has 1 saturated heterocycles. The summed E-state index contributed by atoms with van der Waals surface area (Å²) in [6.07, 6.45) is 0. The molecule has 0 radical (unpaired) electrons. The maximum Gasteiger partial charge on any atom is 0.269 e. The van der Waals surface area contributed by atoms with Gasteiger partial charge in [-0.3, -0.25) is 10.1 Å². The normalized spacial score (nSPS) is 20.9. The number of carbonyl (C=O) groups is 1. The van der Waals surface area contributed by atoms with E-state index in [1.807, 2.05) is 29.2 Å². The van der Waals surface area contributed by atoms with Crippen LogP contribution in [0.4, 0.5) is 11.4 Å². The van der Waals surface area contributed by atoms with E-state index in [2.05, 4.69) is 0 Å². The maximum absolute atomic E-state index is 12.5. The fraction of sp³-hybridized carbons (Fsp3) is 0.240. The summed E-state index contributed by atoms with van der Waals surface area (Å²) in [7, 11) is 1.56. The number of nitrogens with zero attached hydrogens (tertiary/aromatic N) is 2. The van der Waals surface area contributed by atoms with Gasteiger partial charge in [0.25, 0.3) is 5.69 Å². The Bertz CT molecular complexity index is 1230. The summed E-state index contributed by atoms with van der Waals surface area (Å²) < 4.78 is 16.2. The number of carboxylic acids is 1. The molecule has 0 amide bonds. The fourth-order valence-corrected chi connectivity index (χ4v) is 4.82. The van der Waals surface area contributed by atoms with Crippen LogP contribution in [0.3, 0.4) is 0 Å². The average molecular weight is 461 g/mol. The molecule has 0 bridgehead atoms. The predicted octanol–water partition coefficient (Wildman–Crippen LogP) is 3.04. The first-order valence-corrected chi connectivity index (χ1v) is 10.7. The number of benzene rings is 3. The first-order valence-electron chi connectivity index (χ1n) is 10.7. The number of carbonyl (C=O) groups excluding carboxylic acids is 1. The molecule has 0 aromatic heterocycles. The molecule has 0 N–H and O–H groups in total. The van der Waals surface area contributed by atoms with Crippen LogP contribution >= 0.6 is 0 Å². The van der Waals surface area contributed by atoms with Gasteiger partial charge in [0.2, 0.25) is 6.79 Å². The third kappa shape index (κ3) is 3.75. The van der Waals surface area contributed by atoms with Crippen molar-refractivity contribution in [1.29, 1.82) is 0 Å². The monoisotopic (exact) mass is 461 g/mol. The highest BCUT2D eigenvalue weighted by Crippen LogP contribution is 2.49. The summed E-state index contributed by atoms with van der Waals surface area (Å²) in [5.41, 5.74) is 2.21. The quantitative estimate of drug-likeness (QED) is 0.407. The van der Waals surface area contributed by atoms with Crippen molar-refractivity contribution in [2.45, 2.75) is 12.0 Å². The van der Waals surface area contributed by atoms with Crippen molar-refractivity contribution in [3.05, 3.63) is 88.0 Å². The SMILES string of the molecule is COc1ccc(C2C(C(=O)[O-])C(c3ccc4c(c3)OCO4)CN2c2ccc([N+](=O)[O-])cc2)cc1. The molecule has 2 aliphatic rings. The predicted molar refractivity (Wildman–Crippen MR) is 120 cm³/mol. The van der Waals surface area contributed by atoms with Crippen molar-refractivity contribution >= 4 is 17.3 Å². The van der Waals surface area contributed by atoms with Crippen LogP contribution in [0.2, 0.25) is 0 Å². The number of ether oxygens (including phenoxy) is 3. The van der Waals surface area contributed by atoms with Crippen LogP contribution in [0.25, 0.3) is 0 Å². The van der Waals surface area contributed by atoms with Crippen molar-refractivity contribution in [1.82, 2.24) is 0 Å². The molecule has 0 aliphatic carbocycles. The van der Waals surface area contributed by atoms with E-state index in [1.165, 1.54) is 12.1 Å². The van der Waals surface area contributed by atoms with E-state index < -0.39 is 28.8 Å². The van der Waals surface area contributed by atoms with Crippen LogP contribution in [-0.2, 0) is 4.79 Å². The van der Waals surface area contributed by atoms with Gasteiger partial charge < -0.3 is 29.0 Å². The Kier molecular flexibility index (Phi) is 5.45. The van der Waals surface area contributed by atoms with Gasteiger partial charge in [-0.05, 0) is 47.5 Å². The Morgan fingerprint density at radius 1 is 1.00 bits per heavy atom. The molecule has 3 aromatic rings. The average Bonchev–Trinajstić information content (AvgIpc) is 3.48. The zero-order chi connectivity index (χ0) is 23.8. The van der Waals surface area contributed by atoms with Gasteiger partial charge in [-0.1, -0.05) is 18.2 Å². The first-order chi connectivity index (χ1) is 16.5. The summed E-state index contributed by atoms with van der Waals surface area (Å²) in [6.45, 7) is 0.490. The van der Waals surface area contributed by atoms with E-state index in [0.29, 0.717) is 29.5 Å². The van der Waals surface area contributed by atoms with E-state index in [9.17, 15) is 20.0 Å². The molecule has 5 rings (SSSR count). The number of rotatable bonds is 6. The maximum atomic E-state index is 12.5. The number of anilines is 1. The molecule has 3 atom stereocenters. The van der Waals surface area contributed by atoms with Gasteiger partial charge in [0.05, 0.1) is 18.1 Å². The second-order valence-electron chi connectivity index (χ2n) is 8.21. The van der Waals surface area contributed by atoms with Gasteiger partial charge in [-0.2, -0.15) is 0 Å². The number of aliphatic carboxylic acids is 1. The summed E-state index contributed by atoms with van der Waals surface area (Å²) in [5.74, 6) is -0.630. The highest BCUT2D eigenvalue weighted by Gasteiger charge is 2.44. The van der Waals surface area contributed by atoms with Crippen LogP contribution in [-0.4, -0.2) is 31.3 Å². The number of carboxylic acid groups (broad SMARTS) is 1. The number of hydrogen-bond acceptors (Lipinski definition) is 8. The van der Waals surface area contributed by atoms with Crippen molar-refractivity contribution in [2.75, 3.05) is 25.3 Å². The van der Waals surface area contributed by atoms with Gasteiger partial charge >= 0.3 is 0 Å². The highest BCUT2D eigenvalue weighted by atomic mass is 16.7. The largest absolute Gasteiger partial charge is 0.550 e. The van der Waals surface area contributed by atoms with E-state index in [4.69, 9.17) is 14.2 Å². The molecule has 3 unspecified atom stereocenters. The number of nitro groups is 1. The van der Waals surface area contributed by atoms with Crippen LogP contribution in [0.5, 0.6) is 17.2 Å². The number of nitro benzene ring substituents is 1. The Balaban J connectivity index is 1.60. The summed E-state index contributed by atoms with van der Waals surface area (Å²) in [5, 5.41) is 23.7.